The Morgan fingerprint density at radius 2 is 1.78 bits per heavy atom. The first-order valence-electron chi connectivity index (χ1n) is 5.07. The van der Waals surface area contributed by atoms with Gasteiger partial charge in [-0.1, -0.05) is 23.2 Å². The summed E-state index contributed by atoms with van der Waals surface area (Å²) in [6.07, 6.45) is 0. The lowest BCUT2D eigenvalue weighted by Gasteiger charge is -2.06. The zero-order valence-corrected chi connectivity index (χ0v) is 11.1. The normalized spacial score (nSPS) is 9.94. The number of halogens is 2. The second-order valence-corrected chi connectivity index (χ2v) is 4.23. The van der Waals surface area contributed by atoms with E-state index in [-0.39, 0.29) is 6.54 Å². The van der Waals surface area contributed by atoms with Crippen LogP contribution in [0.2, 0.25) is 10.0 Å². The van der Waals surface area contributed by atoms with Gasteiger partial charge in [0.2, 0.25) is 0 Å². The zero-order chi connectivity index (χ0) is 13.5. The van der Waals surface area contributed by atoms with Crippen molar-refractivity contribution in [2.75, 3.05) is 25.6 Å². The molecule has 98 valence electrons. The number of anilines is 1. The number of rotatable bonds is 4. The van der Waals surface area contributed by atoms with Gasteiger partial charge in [0.1, 0.15) is 0 Å². The van der Waals surface area contributed by atoms with Crippen molar-refractivity contribution in [2.24, 2.45) is 0 Å². The quantitative estimate of drug-likeness (QED) is 0.655. The van der Waals surface area contributed by atoms with E-state index in [9.17, 15) is 9.59 Å². The first-order chi connectivity index (χ1) is 8.52. The highest BCUT2D eigenvalue weighted by Gasteiger charge is 2.13. The van der Waals surface area contributed by atoms with Crippen LogP contribution in [0, 0.1) is 0 Å². The predicted octanol–water partition coefficient (Wildman–Crippen LogP) is 1.69. The molecule has 0 aromatic heterocycles. The van der Waals surface area contributed by atoms with Crippen LogP contribution in [0.15, 0.2) is 18.2 Å². The number of methoxy groups -OCH3 is 1. The van der Waals surface area contributed by atoms with Gasteiger partial charge in [0, 0.05) is 29.4 Å². The Hall–Kier alpha value is -1.30. The molecule has 0 atom stereocenters. The summed E-state index contributed by atoms with van der Waals surface area (Å²) in [7, 11) is 1.50. The Balaban J connectivity index is 2.55. The molecule has 0 unspecified atom stereocenters. The lowest BCUT2D eigenvalue weighted by molar-refractivity contribution is -0.136. The maximum atomic E-state index is 11.5. The number of amides is 2. The van der Waals surface area contributed by atoms with E-state index in [4.69, 9.17) is 27.9 Å². The van der Waals surface area contributed by atoms with Crippen LogP contribution in [0.25, 0.3) is 0 Å². The van der Waals surface area contributed by atoms with Gasteiger partial charge in [-0.3, -0.25) is 9.59 Å². The SMILES string of the molecule is COCCNC(=O)C(=O)Nc1cc(Cl)cc(Cl)c1. The lowest BCUT2D eigenvalue weighted by atomic mass is 10.3. The van der Waals surface area contributed by atoms with Crippen LogP contribution in [-0.2, 0) is 14.3 Å². The summed E-state index contributed by atoms with van der Waals surface area (Å²) in [5.74, 6) is -1.53. The van der Waals surface area contributed by atoms with E-state index in [1.165, 1.54) is 25.3 Å². The molecule has 0 fully saturated rings. The molecule has 7 heteroatoms. The minimum Gasteiger partial charge on any atom is -0.383 e. The summed E-state index contributed by atoms with van der Waals surface area (Å²) in [6.45, 7) is 0.598. The van der Waals surface area contributed by atoms with Crippen LogP contribution in [0.5, 0.6) is 0 Å². The van der Waals surface area contributed by atoms with E-state index in [0.717, 1.165) is 0 Å². The molecule has 0 radical (unpaired) electrons. The second kappa shape index (κ2) is 7.20. The molecule has 0 bridgehead atoms. The summed E-state index contributed by atoms with van der Waals surface area (Å²) in [6, 6.07) is 4.51. The molecule has 0 heterocycles. The summed E-state index contributed by atoms with van der Waals surface area (Å²) in [5.41, 5.74) is 0.361. The second-order valence-electron chi connectivity index (χ2n) is 3.36. The molecule has 5 nitrogen and oxygen atoms in total. The van der Waals surface area contributed by atoms with Gasteiger partial charge in [0.05, 0.1) is 6.61 Å². The van der Waals surface area contributed by atoms with Gasteiger partial charge < -0.3 is 15.4 Å². The highest BCUT2D eigenvalue weighted by atomic mass is 35.5. The average Bonchev–Trinajstić information content (AvgIpc) is 2.27. The molecule has 2 N–H and O–H groups in total. The third-order valence-electron chi connectivity index (χ3n) is 1.92. The van der Waals surface area contributed by atoms with E-state index >= 15 is 0 Å². The van der Waals surface area contributed by atoms with Crippen LogP contribution in [0.1, 0.15) is 0 Å². The van der Waals surface area contributed by atoms with Gasteiger partial charge in [-0.25, -0.2) is 0 Å². The summed E-state index contributed by atoms with van der Waals surface area (Å²) in [5, 5.41) is 5.53. The van der Waals surface area contributed by atoms with Gasteiger partial charge in [-0.15, -0.1) is 0 Å². The molecule has 1 aromatic carbocycles. The Kier molecular flexibility index (Phi) is 5.91. The first-order valence-corrected chi connectivity index (χ1v) is 5.82. The molecular weight excluding hydrogens is 279 g/mol. The van der Waals surface area contributed by atoms with Crippen molar-refractivity contribution in [2.45, 2.75) is 0 Å². The molecule has 1 rings (SSSR count). The monoisotopic (exact) mass is 290 g/mol. The van der Waals surface area contributed by atoms with Crippen molar-refractivity contribution < 1.29 is 14.3 Å². The van der Waals surface area contributed by atoms with Crippen molar-refractivity contribution in [3.05, 3.63) is 28.2 Å². The largest absolute Gasteiger partial charge is 0.383 e. The topological polar surface area (TPSA) is 67.4 Å². The third kappa shape index (κ3) is 4.91. The van der Waals surface area contributed by atoms with E-state index in [1.54, 1.807) is 0 Å². The van der Waals surface area contributed by atoms with E-state index in [1.807, 2.05) is 0 Å². The smallest absolute Gasteiger partial charge is 0.313 e. The van der Waals surface area contributed by atoms with Crippen molar-refractivity contribution in [1.29, 1.82) is 0 Å². The van der Waals surface area contributed by atoms with Crippen LogP contribution in [0.3, 0.4) is 0 Å². The van der Waals surface area contributed by atoms with E-state index < -0.39 is 11.8 Å². The summed E-state index contributed by atoms with van der Waals surface area (Å²) in [4.78, 5) is 22.8. The fourth-order valence-corrected chi connectivity index (χ4v) is 1.69. The van der Waals surface area contributed by atoms with E-state index in [0.29, 0.717) is 22.3 Å². The van der Waals surface area contributed by atoms with Crippen LogP contribution >= 0.6 is 23.2 Å². The van der Waals surface area contributed by atoms with E-state index in [2.05, 4.69) is 10.6 Å². The number of carbonyl (C=O) groups is 2. The maximum absolute atomic E-state index is 11.5. The fourth-order valence-electron chi connectivity index (χ4n) is 1.16. The third-order valence-corrected chi connectivity index (χ3v) is 2.35. The number of hydrogen-bond acceptors (Lipinski definition) is 3. The van der Waals surface area contributed by atoms with Gasteiger partial charge in [-0.05, 0) is 18.2 Å². The Morgan fingerprint density at radius 1 is 1.17 bits per heavy atom. The molecule has 1 aromatic rings. The minimum atomic E-state index is -0.788. The molecule has 0 aliphatic rings. The van der Waals surface area contributed by atoms with Gasteiger partial charge in [0.25, 0.3) is 0 Å². The van der Waals surface area contributed by atoms with Crippen LogP contribution < -0.4 is 10.6 Å². The van der Waals surface area contributed by atoms with Gasteiger partial charge >= 0.3 is 11.8 Å². The van der Waals surface area contributed by atoms with Gasteiger partial charge in [0.15, 0.2) is 0 Å². The molecule has 0 saturated carbocycles. The highest BCUT2D eigenvalue weighted by molar-refractivity contribution is 6.40. The molecule has 0 aliphatic carbocycles. The minimum absolute atomic E-state index is 0.263. The van der Waals surface area contributed by atoms with Crippen molar-refractivity contribution >= 4 is 40.7 Å². The fraction of sp³-hybridized carbons (Fsp3) is 0.273. The predicted molar refractivity (Wildman–Crippen MR) is 70.0 cm³/mol. The molecule has 0 spiro atoms. The maximum Gasteiger partial charge on any atom is 0.313 e. The number of ether oxygens (including phenoxy) is 1. The highest BCUT2D eigenvalue weighted by Crippen LogP contribution is 2.22. The van der Waals surface area contributed by atoms with Crippen molar-refractivity contribution in [1.82, 2.24) is 5.32 Å². The molecular formula is C11H12Cl2N2O3. The lowest BCUT2D eigenvalue weighted by Crippen LogP contribution is -2.37. The first kappa shape index (κ1) is 14.8. The average molecular weight is 291 g/mol. The van der Waals surface area contributed by atoms with Crippen LogP contribution in [-0.4, -0.2) is 32.1 Å². The molecule has 0 aliphatic heterocycles. The van der Waals surface area contributed by atoms with Crippen LogP contribution in [0.4, 0.5) is 5.69 Å². The Labute approximate surface area is 114 Å². The summed E-state index contributed by atoms with van der Waals surface area (Å²) >= 11 is 11.5. The summed E-state index contributed by atoms with van der Waals surface area (Å²) < 4.78 is 4.74. The molecule has 0 saturated heterocycles. The molecule has 2 amide bonds. The van der Waals surface area contributed by atoms with Crippen molar-refractivity contribution in [3.63, 3.8) is 0 Å². The zero-order valence-electron chi connectivity index (χ0n) is 9.63. The van der Waals surface area contributed by atoms with Gasteiger partial charge in [-0.2, -0.15) is 0 Å². The number of hydrogen-bond donors (Lipinski definition) is 2. The number of nitrogens with one attached hydrogen (secondary N) is 2. The molecule has 18 heavy (non-hydrogen) atoms. The standard InChI is InChI=1S/C11H12Cl2N2O3/c1-18-3-2-14-10(16)11(17)15-9-5-7(12)4-8(13)6-9/h4-6H,2-3H2,1H3,(H,14,16)(H,15,17). The Morgan fingerprint density at radius 3 is 2.33 bits per heavy atom. The Bertz CT molecular complexity index is 432. The van der Waals surface area contributed by atoms with Crippen molar-refractivity contribution in [3.8, 4) is 0 Å². The number of carbonyl (C=O) groups excluding carboxylic acids is 2. The number of benzene rings is 1.